The van der Waals surface area contributed by atoms with Gasteiger partial charge in [-0.2, -0.15) is 13.2 Å². The van der Waals surface area contributed by atoms with Crippen LogP contribution in [0, 0.1) is 0 Å². The minimum atomic E-state index is -4.50. The summed E-state index contributed by atoms with van der Waals surface area (Å²) in [5.74, 6) is -0.767. The van der Waals surface area contributed by atoms with Crippen molar-refractivity contribution >= 4 is 38.6 Å². The molecule has 2 aromatic rings. The van der Waals surface area contributed by atoms with Crippen LogP contribution in [0.3, 0.4) is 0 Å². The topological polar surface area (TPSA) is 76.1 Å². The first-order chi connectivity index (χ1) is 11.3. The number of pyridine rings is 1. The Bertz CT molecular complexity index is 925. The number of fused-ring (bicyclic) bond motifs is 1. The maximum absolute atomic E-state index is 12.9. The van der Waals surface area contributed by atoms with E-state index in [2.05, 4.69) is 4.98 Å². The average molecular weight is 392 g/mol. The number of amides is 1. The molecule has 136 valence electrons. The summed E-state index contributed by atoms with van der Waals surface area (Å²) in [6.45, 7) is 2.97. The van der Waals surface area contributed by atoms with E-state index in [9.17, 15) is 26.4 Å². The number of hydrogen-bond donors (Lipinski definition) is 1. The molecular formula is C15H15F3N2O3S2. The van der Waals surface area contributed by atoms with Gasteiger partial charge in [-0.05, 0) is 38.1 Å². The van der Waals surface area contributed by atoms with Gasteiger partial charge in [0.2, 0.25) is 15.9 Å². The Morgan fingerprint density at radius 1 is 1.20 bits per heavy atom. The summed E-state index contributed by atoms with van der Waals surface area (Å²) in [6, 6.07) is 4.65. The molecule has 0 aliphatic heterocycles. The van der Waals surface area contributed by atoms with Gasteiger partial charge in [-0.1, -0.05) is 0 Å². The standard InChI is InChI=1S/C15H15F3N2O3S2/c1-14(2,13(21)20-25(3,22)23)24-12-6-7-19-11-5-4-9(8-10(11)12)15(16,17)18/h4-8H,1-3H3,(H,20,21). The number of thioether (sulfide) groups is 1. The smallest absolute Gasteiger partial charge is 0.272 e. The van der Waals surface area contributed by atoms with Gasteiger partial charge in [0, 0.05) is 16.5 Å². The molecule has 0 spiro atoms. The molecule has 25 heavy (non-hydrogen) atoms. The molecule has 0 fully saturated rings. The van der Waals surface area contributed by atoms with Gasteiger partial charge in [-0.25, -0.2) is 8.42 Å². The van der Waals surface area contributed by atoms with Crippen LogP contribution >= 0.6 is 11.8 Å². The van der Waals surface area contributed by atoms with Crippen molar-refractivity contribution in [3.05, 3.63) is 36.0 Å². The molecule has 0 saturated heterocycles. The zero-order valence-corrected chi connectivity index (χ0v) is 15.1. The number of hydrogen-bond acceptors (Lipinski definition) is 5. The number of sulfonamides is 1. The molecule has 1 heterocycles. The molecule has 1 aromatic carbocycles. The van der Waals surface area contributed by atoms with E-state index in [1.54, 1.807) is 0 Å². The van der Waals surface area contributed by atoms with Gasteiger partial charge in [0.05, 0.1) is 22.1 Å². The minimum Gasteiger partial charge on any atom is -0.272 e. The number of carbonyl (C=O) groups excluding carboxylic acids is 1. The Morgan fingerprint density at radius 2 is 1.84 bits per heavy atom. The lowest BCUT2D eigenvalue weighted by atomic mass is 10.1. The van der Waals surface area contributed by atoms with Crippen molar-refractivity contribution in [3.8, 4) is 0 Å². The second-order valence-corrected chi connectivity index (χ2v) is 9.27. The average Bonchev–Trinajstić information content (AvgIpc) is 2.44. The predicted molar refractivity (Wildman–Crippen MR) is 89.7 cm³/mol. The Hall–Kier alpha value is -1.81. The third-order valence-corrected chi connectivity index (χ3v) is 5.05. The lowest BCUT2D eigenvalue weighted by Crippen LogP contribution is -2.42. The SMILES string of the molecule is CC(C)(Sc1ccnc2ccc(C(F)(F)F)cc12)C(=O)NS(C)(=O)=O. The third kappa shape index (κ3) is 4.85. The summed E-state index contributed by atoms with van der Waals surface area (Å²) >= 11 is 0.960. The summed E-state index contributed by atoms with van der Waals surface area (Å²) in [5, 5.41) is 0.238. The maximum atomic E-state index is 12.9. The number of nitrogens with zero attached hydrogens (tertiary/aromatic N) is 1. The molecule has 0 aliphatic rings. The molecule has 2 rings (SSSR count). The molecule has 0 atom stereocenters. The molecule has 1 N–H and O–H groups in total. The molecule has 0 saturated carbocycles. The van der Waals surface area contributed by atoms with Gasteiger partial charge < -0.3 is 0 Å². The van der Waals surface area contributed by atoms with Crippen LogP contribution in [0.25, 0.3) is 10.9 Å². The number of alkyl halides is 3. The summed E-state index contributed by atoms with van der Waals surface area (Å²) in [5.41, 5.74) is -0.481. The molecule has 10 heteroatoms. The first-order valence-electron chi connectivity index (χ1n) is 6.97. The van der Waals surface area contributed by atoms with Crippen LogP contribution in [0.15, 0.2) is 35.4 Å². The Balaban J connectivity index is 2.45. The monoisotopic (exact) mass is 392 g/mol. The van der Waals surface area contributed by atoms with Crippen molar-refractivity contribution in [2.24, 2.45) is 0 Å². The van der Waals surface area contributed by atoms with Crippen LogP contribution in [0.2, 0.25) is 0 Å². The molecule has 0 bridgehead atoms. The molecule has 0 radical (unpaired) electrons. The van der Waals surface area contributed by atoms with E-state index in [4.69, 9.17) is 0 Å². The molecule has 1 aromatic heterocycles. The lowest BCUT2D eigenvalue weighted by molar-refractivity contribution is -0.137. The normalized spacial score (nSPS) is 13.0. The Kier molecular flexibility index (Phi) is 5.06. The predicted octanol–water partition coefficient (Wildman–Crippen LogP) is 3.20. The molecule has 1 amide bonds. The van der Waals surface area contributed by atoms with Crippen LogP contribution < -0.4 is 4.72 Å². The van der Waals surface area contributed by atoms with Gasteiger partial charge in [0.15, 0.2) is 0 Å². The largest absolute Gasteiger partial charge is 0.416 e. The van der Waals surface area contributed by atoms with Crippen molar-refractivity contribution in [2.75, 3.05) is 6.26 Å². The van der Waals surface area contributed by atoms with E-state index in [-0.39, 0.29) is 5.39 Å². The number of carbonyl (C=O) groups is 1. The highest BCUT2D eigenvalue weighted by molar-refractivity contribution is 8.01. The fourth-order valence-electron chi connectivity index (χ4n) is 2.00. The number of benzene rings is 1. The zero-order valence-electron chi connectivity index (χ0n) is 13.5. The highest BCUT2D eigenvalue weighted by Gasteiger charge is 2.33. The van der Waals surface area contributed by atoms with Gasteiger partial charge in [0.25, 0.3) is 0 Å². The van der Waals surface area contributed by atoms with E-state index >= 15 is 0 Å². The fourth-order valence-corrected chi connectivity index (χ4v) is 3.75. The zero-order chi connectivity index (χ0) is 19.0. The van der Waals surface area contributed by atoms with Crippen molar-refractivity contribution < 1.29 is 26.4 Å². The summed E-state index contributed by atoms with van der Waals surface area (Å²) in [6.07, 6.45) is -2.24. The highest BCUT2D eigenvalue weighted by Crippen LogP contribution is 2.39. The number of aromatic nitrogens is 1. The number of nitrogens with one attached hydrogen (secondary N) is 1. The van der Waals surface area contributed by atoms with Gasteiger partial charge >= 0.3 is 6.18 Å². The van der Waals surface area contributed by atoms with Crippen LogP contribution in [0.1, 0.15) is 19.4 Å². The number of halogens is 3. The van der Waals surface area contributed by atoms with Crippen molar-refractivity contribution in [3.63, 3.8) is 0 Å². The Morgan fingerprint density at radius 3 is 2.40 bits per heavy atom. The molecule has 5 nitrogen and oxygen atoms in total. The van der Waals surface area contributed by atoms with Crippen molar-refractivity contribution in [2.45, 2.75) is 29.7 Å². The van der Waals surface area contributed by atoms with Crippen LogP contribution in [-0.2, 0) is 21.0 Å². The second-order valence-electron chi connectivity index (χ2n) is 5.85. The van der Waals surface area contributed by atoms with E-state index < -0.39 is 32.4 Å². The number of rotatable bonds is 4. The second kappa shape index (κ2) is 6.49. The first-order valence-corrected chi connectivity index (χ1v) is 9.67. The highest BCUT2D eigenvalue weighted by atomic mass is 32.2. The summed E-state index contributed by atoms with van der Waals surface area (Å²) < 4.78 is 61.9. The fraction of sp³-hybridized carbons (Fsp3) is 0.333. The third-order valence-electron chi connectivity index (χ3n) is 3.22. The molecular weight excluding hydrogens is 377 g/mol. The van der Waals surface area contributed by atoms with Gasteiger partial charge in [-0.3, -0.25) is 14.5 Å². The molecule has 0 aliphatic carbocycles. The van der Waals surface area contributed by atoms with Gasteiger partial charge in [-0.15, -0.1) is 11.8 Å². The van der Waals surface area contributed by atoms with E-state index in [1.165, 1.54) is 32.2 Å². The first kappa shape index (κ1) is 19.5. The lowest BCUT2D eigenvalue weighted by Gasteiger charge is -2.23. The van der Waals surface area contributed by atoms with Gasteiger partial charge in [0.1, 0.15) is 0 Å². The quantitative estimate of drug-likeness (QED) is 0.809. The van der Waals surface area contributed by atoms with E-state index in [1.807, 2.05) is 4.72 Å². The minimum absolute atomic E-state index is 0.238. The molecule has 0 unspecified atom stereocenters. The summed E-state index contributed by atoms with van der Waals surface area (Å²) in [7, 11) is -3.74. The summed E-state index contributed by atoms with van der Waals surface area (Å²) in [4.78, 5) is 16.6. The van der Waals surface area contributed by atoms with Crippen LogP contribution in [-0.4, -0.2) is 30.3 Å². The van der Waals surface area contributed by atoms with Crippen molar-refractivity contribution in [1.82, 2.24) is 9.71 Å². The van der Waals surface area contributed by atoms with E-state index in [0.717, 1.165) is 30.2 Å². The Labute approximate surface area is 147 Å². The van der Waals surface area contributed by atoms with Crippen LogP contribution in [0.5, 0.6) is 0 Å². The van der Waals surface area contributed by atoms with Crippen LogP contribution in [0.4, 0.5) is 13.2 Å². The van der Waals surface area contributed by atoms with E-state index in [0.29, 0.717) is 10.4 Å². The van der Waals surface area contributed by atoms with Crippen molar-refractivity contribution in [1.29, 1.82) is 0 Å². The maximum Gasteiger partial charge on any atom is 0.416 e.